The molecule has 0 aromatic heterocycles. The van der Waals surface area contributed by atoms with Gasteiger partial charge in [-0.15, -0.1) is 0 Å². The number of benzene rings is 2. The Balaban J connectivity index is 2.43. The highest BCUT2D eigenvalue weighted by molar-refractivity contribution is 7.87. The van der Waals surface area contributed by atoms with Gasteiger partial charge < -0.3 is 8.92 Å². The Labute approximate surface area is 152 Å². The maximum atomic E-state index is 12.6. The first-order chi connectivity index (χ1) is 11.2. The number of aryl methyl sites for hydroxylation is 1. The minimum atomic E-state index is -4.11. The van der Waals surface area contributed by atoms with E-state index in [0.717, 1.165) is 11.1 Å². The average molecular weight is 389 g/mol. The lowest BCUT2D eigenvalue weighted by atomic mass is 9.98. The van der Waals surface area contributed by atoms with Gasteiger partial charge in [0.2, 0.25) is 0 Å². The molecule has 0 aliphatic heterocycles. The van der Waals surface area contributed by atoms with Gasteiger partial charge in [0.15, 0.2) is 5.75 Å². The number of hydrogen-bond donors (Lipinski definition) is 0. The zero-order valence-corrected chi connectivity index (χ0v) is 16.1. The van der Waals surface area contributed by atoms with E-state index in [1.54, 1.807) is 12.1 Å². The Morgan fingerprint density at radius 3 is 2.29 bits per heavy atom. The molecule has 7 heteroatoms. The lowest BCUT2D eigenvalue weighted by Gasteiger charge is -2.14. The van der Waals surface area contributed by atoms with Gasteiger partial charge in [-0.3, -0.25) is 0 Å². The molecule has 2 aromatic carbocycles. The van der Waals surface area contributed by atoms with Gasteiger partial charge in [0.05, 0.1) is 12.1 Å². The Kier molecular flexibility index (Phi) is 5.68. The number of methoxy groups -OCH3 is 1. The van der Waals surface area contributed by atoms with E-state index >= 15 is 0 Å². The molecule has 0 N–H and O–H groups in total. The number of halogens is 2. The summed E-state index contributed by atoms with van der Waals surface area (Å²) in [6.45, 7) is 6.05. The van der Waals surface area contributed by atoms with Crippen molar-refractivity contribution in [3.63, 3.8) is 0 Å². The molecule has 0 bridgehead atoms. The fraction of sp³-hybridized carbons (Fsp3) is 0.294. The third-order valence-electron chi connectivity index (χ3n) is 3.56. The van der Waals surface area contributed by atoms with Gasteiger partial charge in [-0.05, 0) is 48.2 Å². The second kappa shape index (κ2) is 7.21. The van der Waals surface area contributed by atoms with E-state index in [1.165, 1.54) is 19.2 Å². The first kappa shape index (κ1) is 18.9. The van der Waals surface area contributed by atoms with Gasteiger partial charge in [-0.25, -0.2) is 0 Å². The minimum Gasteiger partial charge on any atom is -0.494 e. The number of hydrogen-bond acceptors (Lipinski definition) is 4. The van der Waals surface area contributed by atoms with Gasteiger partial charge in [0, 0.05) is 0 Å². The van der Waals surface area contributed by atoms with E-state index in [-0.39, 0.29) is 26.4 Å². The molecule has 0 saturated carbocycles. The van der Waals surface area contributed by atoms with E-state index in [9.17, 15) is 8.42 Å². The lowest BCUT2D eigenvalue weighted by molar-refractivity contribution is 0.398. The zero-order valence-electron chi connectivity index (χ0n) is 13.8. The molecule has 0 saturated heterocycles. The van der Waals surface area contributed by atoms with Crippen molar-refractivity contribution in [3.8, 4) is 11.5 Å². The van der Waals surface area contributed by atoms with Gasteiger partial charge in [0.1, 0.15) is 15.7 Å². The summed E-state index contributed by atoms with van der Waals surface area (Å²) in [6, 6.07) is 7.87. The van der Waals surface area contributed by atoms with Crippen molar-refractivity contribution in [1.29, 1.82) is 0 Å². The standard InChI is InChI=1S/C17H18Cl2O4S/c1-10(2)13-6-5-12(9-11(13)3)23-24(20,21)15-8-7-14(18)16(19)17(15)22-4/h5-10H,1-4H3. The summed E-state index contributed by atoms with van der Waals surface area (Å²) < 4.78 is 35.5. The van der Waals surface area contributed by atoms with Gasteiger partial charge in [-0.1, -0.05) is 43.1 Å². The summed E-state index contributed by atoms with van der Waals surface area (Å²) >= 11 is 11.9. The zero-order chi connectivity index (χ0) is 18.1. The van der Waals surface area contributed by atoms with E-state index in [0.29, 0.717) is 5.92 Å². The van der Waals surface area contributed by atoms with E-state index in [2.05, 4.69) is 13.8 Å². The Morgan fingerprint density at radius 1 is 1.08 bits per heavy atom. The molecule has 0 radical (unpaired) electrons. The normalized spacial score (nSPS) is 11.6. The van der Waals surface area contributed by atoms with Crippen molar-refractivity contribution in [2.75, 3.05) is 7.11 Å². The summed E-state index contributed by atoms with van der Waals surface area (Å²) in [7, 11) is -2.80. The molecule has 0 heterocycles. The van der Waals surface area contributed by atoms with Crippen molar-refractivity contribution in [2.24, 2.45) is 0 Å². The van der Waals surface area contributed by atoms with Crippen LogP contribution in [0.4, 0.5) is 0 Å². The second-order valence-corrected chi connectivity index (χ2v) is 7.90. The molecule has 0 unspecified atom stereocenters. The fourth-order valence-corrected chi connectivity index (χ4v) is 3.96. The summed E-state index contributed by atoms with van der Waals surface area (Å²) in [6.07, 6.45) is 0. The molecular weight excluding hydrogens is 371 g/mol. The van der Waals surface area contributed by atoms with Crippen molar-refractivity contribution in [1.82, 2.24) is 0 Å². The Hall–Kier alpha value is -1.43. The third-order valence-corrected chi connectivity index (χ3v) is 5.62. The van der Waals surface area contributed by atoms with Crippen LogP contribution in [0, 0.1) is 6.92 Å². The van der Waals surface area contributed by atoms with Crippen LogP contribution in [-0.2, 0) is 10.1 Å². The summed E-state index contributed by atoms with van der Waals surface area (Å²) in [5, 5.41) is 0.222. The third kappa shape index (κ3) is 3.79. The van der Waals surface area contributed by atoms with Crippen LogP contribution in [0.25, 0.3) is 0 Å². The first-order valence-corrected chi connectivity index (χ1v) is 9.40. The van der Waals surface area contributed by atoms with Crippen LogP contribution in [0.1, 0.15) is 30.9 Å². The molecule has 0 aliphatic carbocycles. The van der Waals surface area contributed by atoms with E-state index < -0.39 is 10.1 Å². The molecule has 2 rings (SSSR count). The minimum absolute atomic E-state index is 0.0233. The predicted molar refractivity (Wildman–Crippen MR) is 96.1 cm³/mol. The summed E-state index contributed by atoms with van der Waals surface area (Å²) in [4.78, 5) is -0.176. The number of rotatable bonds is 5. The topological polar surface area (TPSA) is 52.6 Å². The van der Waals surface area contributed by atoms with E-state index in [1.807, 2.05) is 13.0 Å². The van der Waals surface area contributed by atoms with Crippen LogP contribution in [0.3, 0.4) is 0 Å². The SMILES string of the molecule is COc1c(S(=O)(=O)Oc2ccc(C(C)C)c(C)c2)ccc(Cl)c1Cl. The fourth-order valence-electron chi connectivity index (χ4n) is 2.42. The van der Waals surface area contributed by atoms with Crippen LogP contribution >= 0.6 is 23.2 Å². The van der Waals surface area contributed by atoms with Crippen LogP contribution in [-0.4, -0.2) is 15.5 Å². The maximum absolute atomic E-state index is 12.6. The van der Waals surface area contributed by atoms with Crippen LogP contribution in [0.15, 0.2) is 35.2 Å². The molecule has 0 atom stereocenters. The molecule has 130 valence electrons. The predicted octanol–water partition coefficient (Wildman–Crippen LogP) is 5.20. The van der Waals surface area contributed by atoms with Gasteiger partial charge in [-0.2, -0.15) is 8.42 Å². The highest BCUT2D eigenvalue weighted by Gasteiger charge is 2.25. The molecule has 0 amide bonds. The summed E-state index contributed by atoms with van der Waals surface area (Å²) in [5.41, 5.74) is 2.09. The van der Waals surface area contributed by atoms with Crippen molar-refractivity contribution in [2.45, 2.75) is 31.6 Å². The molecule has 2 aromatic rings. The van der Waals surface area contributed by atoms with Crippen LogP contribution in [0.5, 0.6) is 11.5 Å². The quantitative estimate of drug-likeness (QED) is 0.660. The lowest BCUT2D eigenvalue weighted by Crippen LogP contribution is -2.12. The second-order valence-electron chi connectivity index (χ2n) is 5.60. The van der Waals surface area contributed by atoms with Crippen LogP contribution in [0.2, 0.25) is 10.0 Å². The first-order valence-electron chi connectivity index (χ1n) is 7.24. The average Bonchev–Trinajstić information content (AvgIpc) is 2.48. The molecule has 0 spiro atoms. The van der Waals surface area contributed by atoms with Crippen molar-refractivity contribution >= 4 is 33.3 Å². The van der Waals surface area contributed by atoms with Crippen molar-refractivity contribution < 1.29 is 17.3 Å². The maximum Gasteiger partial charge on any atom is 0.342 e. The Morgan fingerprint density at radius 2 is 1.75 bits per heavy atom. The summed E-state index contributed by atoms with van der Waals surface area (Å²) in [5.74, 6) is 0.524. The highest BCUT2D eigenvalue weighted by Crippen LogP contribution is 2.38. The molecule has 0 fully saturated rings. The molecule has 0 aliphatic rings. The monoisotopic (exact) mass is 388 g/mol. The highest BCUT2D eigenvalue weighted by atomic mass is 35.5. The van der Waals surface area contributed by atoms with Gasteiger partial charge in [0.25, 0.3) is 0 Å². The largest absolute Gasteiger partial charge is 0.494 e. The van der Waals surface area contributed by atoms with Gasteiger partial charge >= 0.3 is 10.1 Å². The van der Waals surface area contributed by atoms with Crippen LogP contribution < -0.4 is 8.92 Å². The molecular formula is C17H18Cl2O4S. The van der Waals surface area contributed by atoms with E-state index in [4.69, 9.17) is 32.1 Å². The number of ether oxygens (including phenoxy) is 1. The molecule has 24 heavy (non-hydrogen) atoms. The van der Waals surface area contributed by atoms with Crippen molar-refractivity contribution in [3.05, 3.63) is 51.5 Å². The Bertz CT molecular complexity index is 861. The smallest absolute Gasteiger partial charge is 0.342 e. The molecule has 4 nitrogen and oxygen atoms in total.